The minimum absolute atomic E-state index is 0.0530. The smallest absolute Gasteiger partial charge is 0.338 e. The second-order valence-electron chi connectivity index (χ2n) is 8.89. The molecule has 166 valence electrons. The van der Waals surface area contributed by atoms with Crippen LogP contribution >= 0.6 is 0 Å². The van der Waals surface area contributed by atoms with Gasteiger partial charge in [0.05, 0.1) is 16.5 Å². The maximum atomic E-state index is 12.9. The molecule has 1 amide bonds. The van der Waals surface area contributed by atoms with Gasteiger partial charge in [-0.3, -0.25) is 14.2 Å². The lowest BCUT2D eigenvalue weighted by Crippen LogP contribution is -2.42. The van der Waals surface area contributed by atoms with E-state index in [2.05, 4.69) is 17.2 Å². The quantitative estimate of drug-likeness (QED) is 0.759. The fourth-order valence-corrected chi connectivity index (χ4v) is 4.72. The van der Waals surface area contributed by atoms with E-state index in [4.69, 9.17) is 4.74 Å². The Balaban J connectivity index is 1.45. The summed E-state index contributed by atoms with van der Waals surface area (Å²) in [6.45, 7) is 2.53. The minimum atomic E-state index is -0.581. The summed E-state index contributed by atoms with van der Waals surface area (Å²) in [6.07, 6.45) is 9.41. The Morgan fingerprint density at radius 2 is 1.94 bits per heavy atom. The van der Waals surface area contributed by atoms with Crippen LogP contribution in [0.15, 0.2) is 23.0 Å². The largest absolute Gasteiger partial charge is 0.452 e. The van der Waals surface area contributed by atoms with E-state index >= 15 is 0 Å². The molecule has 2 heterocycles. The van der Waals surface area contributed by atoms with Crippen molar-refractivity contribution in [2.75, 3.05) is 6.61 Å². The molecule has 1 saturated carbocycles. The summed E-state index contributed by atoms with van der Waals surface area (Å²) in [5.41, 5.74) is 0.753. The molecule has 1 fully saturated rings. The van der Waals surface area contributed by atoms with Gasteiger partial charge in [-0.2, -0.15) is 0 Å². The van der Waals surface area contributed by atoms with Gasteiger partial charge in [-0.15, -0.1) is 0 Å². The molecule has 7 heteroatoms. The first-order chi connectivity index (χ1) is 15.0. The van der Waals surface area contributed by atoms with Crippen LogP contribution in [0.5, 0.6) is 0 Å². The molecule has 0 bridgehead atoms. The standard InChI is InChI=1S/C24H31N3O4/c1-16-8-5-6-9-19(16)26-22(28)15-31-24(30)17-11-12-18-20(14-17)25-21-10-4-2-3-7-13-27(21)23(18)29/h11-12,14,16,19H,2-10,13,15H2,1H3,(H,26,28)/t16-,19+/m0/s1. The van der Waals surface area contributed by atoms with Crippen molar-refractivity contribution < 1.29 is 14.3 Å². The van der Waals surface area contributed by atoms with E-state index in [1.165, 1.54) is 6.42 Å². The second kappa shape index (κ2) is 9.62. The highest BCUT2D eigenvalue weighted by atomic mass is 16.5. The molecule has 1 aliphatic carbocycles. The first kappa shape index (κ1) is 21.5. The third kappa shape index (κ3) is 4.97. The van der Waals surface area contributed by atoms with E-state index in [1.807, 2.05) is 0 Å². The number of aromatic nitrogens is 2. The van der Waals surface area contributed by atoms with Crippen molar-refractivity contribution in [3.05, 3.63) is 39.9 Å². The fourth-order valence-electron chi connectivity index (χ4n) is 4.72. The molecule has 4 rings (SSSR count). The van der Waals surface area contributed by atoms with Crippen LogP contribution in [-0.4, -0.2) is 34.1 Å². The lowest BCUT2D eigenvalue weighted by Gasteiger charge is -2.29. The zero-order chi connectivity index (χ0) is 21.8. The number of ether oxygens (including phenoxy) is 1. The van der Waals surface area contributed by atoms with E-state index < -0.39 is 5.97 Å². The normalized spacial score (nSPS) is 21.6. The average Bonchev–Trinajstić information content (AvgIpc) is 2.75. The molecule has 1 aliphatic heterocycles. The SMILES string of the molecule is C[C@H]1CCCC[C@H]1NC(=O)COC(=O)c1ccc2c(=O)n3c(nc2c1)CCCCCC3. The Hall–Kier alpha value is -2.70. The number of nitrogens with one attached hydrogen (secondary N) is 1. The van der Waals surface area contributed by atoms with Gasteiger partial charge < -0.3 is 10.1 Å². The van der Waals surface area contributed by atoms with Crippen LogP contribution in [0.4, 0.5) is 0 Å². The van der Waals surface area contributed by atoms with Crippen LogP contribution in [0.25, 0.3) is 10.9 Å². The van der Waals surface area contributed by atoms with E-state index in [-0.39, 0.29) is 24.1 Å². The van der Waals surface area contributed by atoms with Crippen LogP contribution in [0.2, 0.25) is 0 Å². The number of carbonyl (C=O) groups is 2. The number of hydrogen-bond acceptors (Lipinski definition) is 5. The number of fused-ring (bicyclic) bond motifs is 2. The summed E-state index contributed by atoms with van der Waals surface area (Å²) in [4.78, 5) is 42.3. The molecule has 1 aromatic carbocycles. The molecule has 0 spiro atoms. The van der Waals surface area contributed by atoms with Crippen molar-refractivity contribution in [3.63, 3.8) is 0 Å². The second-order valence-corrected chi connectivity index (χ2v) is 8.89. The predicted octanol–water partition coefficient (Wildman–Crippen LogP) is 3.36. The highest BCUT2D eigenvalue weighted by Crippen LogP contribution is 2.23. The summed E-state index contributed by atoms with van der Waals surface area (Å²) < 4.78 is 7.01. The van der Waals surface area contributed by atoms with Crippen LogP contribution in [0.3, 0.4) is 0 Å². The number of hydrogen-bond donors (Lipinski definition) is 1. The lowest BCUT2D eigenvalue weighted by molar-refractivity contribution is -0.125. The number of carbonyl (C=O) groups excluding carboxylic acids is 2. The van der Waals surface area contributed by atoms with Gasteiger partial charge in [0.25, 0.3) is 11.5 Å². The summed E-state index contributed by atoms with van der Waals surface area (Å²) in [6, 6.07) is 4.96. The Morgan fingerprint density at radius 3 is 2.77 bits per heavy atom. The van der Waals surface area contributed by atoms with E-state index in [9.17, 15) is 14.4 Å². The zero-order valence-electron chi connectivity index (χ0n) is 18.2. The van der Waals surface area contributed by atoms with Gasteiger partial charge in [0.2, 0.25) is 0 Å². The van der Waals surface area contributed by atoms with Crippen molar-refractivity contribution >= 4 is 22.8 Å². The van der Waals surface area contributed by atoms with Crippen LogP contribution in [0.1, 0.15) is 74.5 Å². The van der Waals surface area contributed by atoms with E-state index in [0.29, 0.717) is 28.9 Å². The number of amides is 1. The molecular weight excluding hydrogens is 394 g/mol. The van der Waals surface area contributed by atoms with Gasteiger partial charge in [0.15, 0.2) is 6.61 Å². The number of rotatable bonds is 4. The predicted molar refractivity (Wildman–Crippen MR) is 118 cm³/mol. The Kier molecular flexibility index (Phi) is 6.68. The van der Waals surface area contributed by atoms with Gasteiger partial charge in [0, 0.05) is 19.0 Å². The van der Waals surface area contributed by atoms with Crippen molar-refractivity contribution in [3.8, 4) is 0 Å². The molecule has 2 aromatic rings. The first-order valence-electron chi connectivity index (χ1n) is 11.5. The van der Waals surface area contributed by atoms with Crippen LogP contribution < -0.4 is 10.9 Å². The molecule has 7 nitrogen and oxygen atoms in total. The summed E-state index contributed by atoms with van der Waals surface area (Å²) in [7, 11) is 0. The number of esters is 1. The molecule has 2 aliphatic rings. The topological polar surface area (TPSA) is 90.3 Å². The highest BCUT2D eigenvalue weighted by Gasteiger charge is 2.23. The van der Waals surface area contributed by atoms with Crippen molar-refractivity contribution in [1.29, 1.82) is 0 Å². The van der Waals surface area contributed by atoms with Gasteiger partial charge in [-0.1, -0.05) is 32.6 Å². The van der Waals surface area contributed by atoms with E-state index in [0.717, 1.165) is 57.2 Å². The molecule has 0 saturated heterocycles. The van der Waals surface area contributed by atoms with Gasteiger partial charge in [0.1, 0.15) is 5.82 Å². The average molecular weight is 426 g/mol. The third-order valence-corrected chi connectivity index (χ3v) is 6.59. The number of benzene rings is 1. The highest BCUT2D eigenvalue weighted by molar-refractivity contribution is 5.95. The van der Waals surface area contributed by atoms with Crippen LogP contribution in [0, 0.1) is 5.92 Å². The van der Waals surface area contributed by atoms with Crippen LogP contribution in [-0.2, 0) is 22.5 Å². The van der Waals surface area contributed by atoms with Crippen molar-refractivity contribution in [2.24, 2.45) is 5.92 Å². The van der Waals surface area contributed by atoms with Gasteiger partial charge >= 0.3 is 5.97 Å². The Labute approximate surface area is 182 Å². The maximum Gasteiger partial charge on any atom is 0.338 e. The summed E-state index contributed by atoms with van der Waals surface area (Å²) >= 11 is 0. The minimum Gasteiger partial charge on any atom is -0.452 e. The Bertz CT molecular complexity index is 1030. The number of nitrogens with zero attached hydrogens (tertiary/aromatic N) is 2. The first-order valence-corrected chi connectivity index (χ1v) is 11.5. The zero-order valence-corrected chi connectivity index (χ0v) is 18.2. The summed E-state index contributed by atoms with van der Waals surface area (Å²) in [5, 5.41) is 3.49. The van der Waals surface area contributed by atoms with Gasteiger partial charge in [-0.25, -0.2) is 9.78 Å². The molecule has 0 unspecified atom stereocenters. The summed E-state index contributed by atoms with van der Waals surface area (Å²) in [5.74, 6) is 0.371. The Morgan fingerprint density at radius 1 is 1.13 bits per heavy atom. The van der Waals surface area contributed by atoms with Crippen molar-refractivity contribution in [2.45, 2.75) is 77.3 Å². The molecule has 0 radical (unpaired) electrons. The molecule has 1 aromatic heterocycles. The fraction of sp³-hybridized carbons (Fsp3) is 0.583. The third-order valence-electron chi connectivity index (χ3n) is 6.59. The molecule has 2 atom stereocenters. The maximum absolute atomic E-state index is 12.9. The monoisotopic (exact) mass is 425 g/mol. The molecule has 1 N–H and O–H groups in total. The van der Waals surface area contributed by atoms with Gasteiger partial charge in [-0.05, 0) is 49.8 Å². The number of aryl methyl sites for hydroxylation is 1. The molecule has 31 heavy (non-hydrogen) atoms. The molecular formula is C24H31N3O4. The van der Waals surface area contributed by atoms with Crippen molar-refractivity contribution in [1.82, 2.24) is 14.9 Å². The van der Waals surface area contributed by atoms with E-state index in [1.54, 1.807) is 22.8 Å². The lowest BCUT2D eigenvalue weighted by atomic mass is 9.86.